The number of likely N-dealkylation sites (tertiary alicyclic amines) is 1. The molecule has 2 unspecified atom stereocenters. The molecule has 4 rings (SSSR count). The quantitative estimate of drug-likeness (QED) is 0.610. The van der Waals surface area contributed by atoms with Crippen LogP contribution in [-0.2, 0) is 16.1 Å². The fourth-order valence-electron chi connectivity index (χ4n) is 3.86. The van der Waals surface area contributed by atoms with E-state index in [2.05, 4.69) is 22.9 Å². The second kappa shape index (κ2) is 9.93. The Hall–Kier alpha value is -2.23. The molecule has 2 aromatic rings. The molecule has 0 bridgehead atoms. The number of piperidine rings is 1. The van der Waals surface area contributed by atoms with Gasteiger partial charge in [0.15, 0.2) is 5.78 Å². The lowest BCUT2D eigenvalue weighted by atomic mass is 9.93. The first-order valence-corrected chi connectivity index (χ1v) is 10.5. The molecule has 166 valence electrons. The van der Waals surface area contributed by atoms with Gasteiger partial charge < -0.3 is 5.11 Å². The van der Waals surface area contributed by atoms with Crippen LogP contribution >= 0.6 is 25.0 Å². The van der Waals surface area contributed by atoms with Gasteiger partial charge >= 0.3 is 5.97 Å². The van der Waals surface area contributed by atoms with Crippen LogP contribution in [0, 0.1) is 11.7 Å². The summed E-state index contributed by atoms with van der Waals surface area (Å²) in [6, 6.07) is 5.85. The van der Waals surface area contributed by atoms with Gasteiger partial charge in [-0.05, 0) is 37.0 Å². The van der Waals surface area contributed by atoms with E-state index in [-0.39, 0.29) is 41.7 Å². The van der Waals surface area contributed by atoms with E-state index >= 15 is 0 Å². The minimum atomic E-state index is -0.999. The van der Waals surface area contributed by atoms with Gasteiger partial charge in [0.1, 0.15) is 18.1 Å². The second-order valence-electron chi connectivity index (χ2n) is 7.83. The number of aromatic nitrogens is 3. The van der Waals surface area contributed by atoms with Crippen LogP contribution in [-0.4, -0.2) is 55.1 Å². The third kappa shape index (κ3) is 5.53. The maximum atomic E-state index is 14.6. The van der Waals surface area contributed by atoms with Gasteiger partial charge in [0, 0.05) is 29.8 Å². The number of carboxylic acids is 1. The van der Waals surface area contributed by atoms with Gasteiger partial charge in [-0.25, -0.2) is 9.07 Å². The number of rotatable bonds is 7. The number of thiol groups is 1. The van der Waals surface area contributed by atoms with Crippen molar-refractivity contribution in [3.63, 3.8) is 0 Å². The molecular weight excluding hydrogens is 443 g/mol. The molecule has 31 heavy (non-hydrogen) atoms. The van der Waals surface area contributed by atoms with Crippen molar-refractivity contribution < 1.29 is 19.1 Å². The van der Waals surface area contributed by atoms with Crippen LogP contribution in [0.1, 0.15) is 36.6 Å². The van der Waals surface area contributed by atoms with Crippen LogP contribution in [0.3, 0.4) is 0 Å². The van der Waals surface area contributed by atoms with Gasteiger partial charge in [0.25, 0.3) is 0 Å². The van der Waals surface area contributed by atoms with Crippen LogP contribution in [0.15, 0.2) is 36.0 Å². The van der Waals surface area contributed by atoms with Gasteiger partial charge in [0.05, 0.1) is 12.2 Å². The van der Waals surface area contributed by atoms with E-state index in [9.17, 15) is 14.0 Å². The maximum absolute atomic E-state index is 14.6. The third-order valence-corrected chi connectivity index (χ3v) is 6.09. The van der Waals surface area contributed by atoms with Crippen molar-refractivity contribution in [1.82, 2.24) is 19.9 Å². The number of halogens is 2. The lowest BCUT2D eigenvalue weighted by Gasteiger charge is -2.37. The van der Waals surface area contributed by atoms with Crippen LogP contribution in [0.2, 0.25) is 0 Å². The Morgan fingerprint density at radius 2 is 2.03 bits per heavy atom. The number of hydrogen-bond acceptors (Lipinski definition) is 6. The third-order valence-electron chi connectivity index (χ3n) is 5.50. The van der Waals surface area contributed by atoms with Crippen molar-refractivity contribution in [3.8, 4) is 0 Å². The fraction of sp³-hybridized carbons (Fsp3) is 0.429. The number of carbonyl (C=O) groups excluding carboxylic acids is 1. The molecule has 2 atom stereocenters. The average molecular weight is 467 g/mol. The zero-order valence-electron chi connectivity index (χ0n) is 16.7. The monoisotopic (exact) mass is 466 g/mol. The summed E-state index contributed by atoms with van der Waals surface area (Å²) in [5.74, 6) is -1.29. The Morgan fingerprint density at radius 1 is 1.29 bits per heavy atom. The lowest BCUT2D eigenvalue weighted by molar-refractivity contribution is -0.138. The summed E-state index contributed by atoms with van der Waals surface area (Å²) in [6.45, 7) is 0.823. The summed E-state index contributed by atoms with van der Waals surface area (Å²) >= 11 is 4.67. The van der Waals surface area contributed by atoms with Crippen molar-refractivity contribution in [2.75, 3.05) is 13.1 Å². The van der Waals surface area contributed by atoms with E-state index in [0.717, 1.165) is 18.4 Å². The Bertz CT molecular complexity index is 995. The summed E-state index contributed by atoms with van der Waals surface area (Å²) in [6.07, 6.45) is 5.82. The number of aliphatic carboxylic acids is 1. The molecular formula is C21H24ClFN4O3S. The molecule has 0 amide bonds. The van der Waals surface area contributed by atoms with Gasteiger partial charge in [-0.3, -0.25) is 14.5 Å². The molecule has 2 heterocycles. The SMILES string of the molecule is Cl.O=C(O)Cn1cc(/C=C2\CN(C(C(=O)C3CC3)c3ccccc3F)CCC2S)nn1. The smallest absolute Gasteiger partial charge is 0.325 e. The largest absolute Gasteiger partial charge is 0.480 e. The van der Waals surface area contributed by atoms with E-state index in [4.69, 9.17) is 5.11 Å². The predicted octanol–water partition coefficient (Wildman–Crippen LogP) is 3.03. The minimum Gasteiger partial charge on any atom is -0.480 e. The highest BCUT2D eigenvalue weighted by Crippen LogP contribution is 2.39. The van der Waals surface area contributed by atoms with E-state index in [1.807, 2.05) is 11.0 Å². The average Bonchev–Trinajstić information content (AvgIpc) is 3.47. The molecule has 1 aromatic carbocycles. The number of Topliss-reactive ketones (excluding diaryl/α,β-unsaturated/α-hetero) is 1. The highest BCUT2D eigenvalue weighted by atomic mass is 35.5. The van der Waals surface area contributed by atoms with Crippen LogP contribution in [0.5, 0.6) is 0 Å². The maximum Gasteiger partial charge on any atom is 0.325 e. The van der Waals surface area contributed by atoms with Crippen molar-refractivity contribution in [3.05, 3.63) is 53.1 Å². The van der Waals surface area contributed by atoms with Gasteiger partial charge in [-0.1, -0.05) is 23.4 Å². The van der Waals surface area contributed by atoms with E-state index in [0.29, 0.717) is 30.8 Å². The van der Waals surface area contributed by atoms with Gasteiger partial charge in [-0.2, -0.15) is 12.6 Å². The Labute approximate surface area is 191 Å². The summed E-state index contributed by atoms with van der Waals surface area (Å²) < 4.78 is 15.8. The van der Waals surface area contributed by atoms with Crippen LogP contribution in [0.25, 0.3) is 6.08 Å². The number of carboxylic acid groups (broad SMARTS) is 1. The number of benzene rings is 1. The van der Waals surface area contributed by atoms with Crippen molar-refractivity contribution in [2.24, 2.45) is 5.92 Å². The fourth-order valence-corrected chi connectivity index (χ4v) is 4.13. The van der Waals surface area contributed by atoms with Crippen LogP contribution in [0.4, 0.5) is 4.39 Å². The number of carbonyl (C=O) groups is 2. The Kier molecular flexibility index (Phi) is 7.51. The number of hydrogen-bond donors (Lipinski definition) is 2. The normalized spacial score (nSPS) is 21.5. The highest BCUT2D eigenvalue weighted by molar-refractivity contribution is 7.81. The topological polar surface area (TPSA) is 88.3 Å². The molecule has 0 radical (unpaired) electrons. The number of nitrogens with zero attached hydrogens (tertiary/aromatic N) is 4. The Morgan fingerprint density at radius 3 is 2.71 bits per heavy atom. The molecule has 1 aliphatic heterocycles. The summed E-state index contributed by atoms with van der Waals surface area (Å²) in [5, 5.41) is 16.7. The van der Waals surface area contributed by atoms with E-state index in [1.165, 1.54) is 10.7 Å². The molecule has 0 spiro atoms. The summed E-state index contributed by atoms with van der Waals surface area (Å²) in [7, 11) is 0. The standard InChI is InChI=1S/C21H23FN4O3S.ClH/c22-17-4-2-1-3-16(17)20(21(29)13-5-6-13)25-8-7-18(30)14(10-25)9-15-11-26(24-23-15)12-19(27)28;/h1-4,9,11,13,18,20,30H,5-8,10,12H2,(H,27,28);1H/b14-9+;. The molecule has 7 nitrogen and oxygen atoms in total. The highest BCUT2D eigenvalue weighted by Gasteiger charge is 2.40. The molecule has 1 saturated carbocycles. The van der Waals surface area contributed by atoms with Crippen LogP contribution < -0.4 is 0 Å². The second-order valence-corrected chi connectivity index (χ2v) is 8.45. The zero-order valence-corrected chi connectivity index (χ0v) is 18.4. The molecule has 10 heteroatoms. The van der Waals surface area contributed by atoms with E-state index in [1.54, 1.807) is 24.4 Å². The van der Waals surface area contributed by atoms with Crippen molar-refractivity contribution in [2.45, 2.75) is 37.1 Å². The first-order chi connectivity index (χ1) is 14.4. The number of ketones is 1. The van der Waals surface area contributed by atoms with Gasteiger partial charge in [0.2, 0.25) is 0 Å². The zero-order chi connectivity index (χ0) is 21.3. The first-order valence-electron chi connectivity index (χ1n) is 9.95. The molecule has 1 saturated heterocycles. The molecule has 2 fully saturated rings. The van der Waals surface area contributed by atoms with Crippen molar-refractivity contribution in [1.29, 1.82) is 0 Å². The van der Waals surface area contributed by atoms with Gasteiger partial charge in [-0.15, -0.1) is 17.5 Å². The molecule has 1 aromatic heterocycles. The molecule has 1 N–H and O–H groups in total. The summed E-state index contributed by atoms with van der Waals surface area (Å²) in [5.41, 5.74) is 1.89. The van der Waals surface area contributed by atoms with Crippen molar-refractivity contribution >= 4 is 42.9 Å². The molecule has 2 aliphatic rings. The predicted molar refractivity (Wildman–Crippen MR) is 119 cm³/mol. The lowest BCUT2D eigenvalue weighted by Crippen LogP contribution is -2.42. The minimum absolute atomic E-state index is 0. The molecule has 1 aliphatic carbocycles. The Balaban J connectivity index is 0.00000272. The summed E-state index contributed by atoms with van der Waals surface area (Å²) in [4.78, 5) is 25.9. The first kappa shape index (κ1) is 23.4. The van der Waals surface area contributed by atoms with E-state index < -0.39 is 12.0 Å².